The van der Waals surface area contributed by atoms with Gasteiger partial charge in [-0.3, -0.25) is 0 Å². The van der Waals surface area contributed by atoms with Crippen LogP contribution < -0.4 is 4.74 Å². The highest BCUT2D eigenvalue weighted by Crippen LogP contribution is 2.34. The van der Waals surface area contributed by atoms with E-state index >= 15 is 0 Å². The Morgan fingerprint density at radius 3 is 2.59 bits per heavy atom. The lowest BCUT2D eigenvalue weighted by Gasteiger charge is -2.22. The Labute approximate surface area is 102 Å². The molecule has 17 heavy (non-hydrogen) atoms. The summed E-state index contributed by atoms with van der Waals surface area (Å²) < 4.78 is 19.9. The Morgan fingerprint density at radius 1 is 1.29 bits per heavy atom. The largest absolute Gasteiger partial charge is 0.485 e. The first kappa shape index (κ1) is 12.2. The third-order valence-corrected chi connectivity index (χ3v) is 2.87. The molecule has 1 aromatic rings. The highest BCUT2D eigenvalue weighted by Gasteiger charge is 2.21. The van der Waals surface area contributed by atoms with Gasteiger partial charge in [-0.2, -0.15) is 0 Å². The topological polar surface area (TPSA) is 9.23 Å². The third kappa shape index (κ3) is 2.51. The Kier molecular flexibility index (Phi) is 2.98. The maximum atomic E-state index is 14.2. The molecule has 0 aromatic heterocycles. The van der Waals surface area contributed by atoms with Gasteiger partial charge in [-0.05, 0) is 45.2 Å². The molecule has 1 nitrogen and oxygen atoms in total. The summed E-state index contributed by atoms with van der Waals surface area (Å²) in [7, 11) is 0. The van der Waals surface area contributed by atoms with Crippen LogP contribution in [-0.4, -0.2) is 5.60 Å². The molecule has 1 aromatic carbocycles. The molecule has 1 aliphatic carbocycles. The van der Waals surface area contributed by atoms with Gasteiger partial charge >= 0.3 is 0 Å². The van der Waals surface area contributed by atoms with Crippen molar-refractivity contribution >= 4 is 6.08 Å². The van der Waals surface area contributed by atoms with Gasteiger partial charge in [0.25, 0.3) is 0 Å². The Morgan fingerprint density at radius 2 is 2.00 bits per heavy atom. The minimum absolute atomic E-state index is 0.221. The second-order valence-electron chi connectivity index (χ2n) is 5.50. The Balaban J connectivity index is 2.37. The fourth-order valence-corrected chi connectivity index (χ4v) is 2.06. The fraction of sp³-hybridized carbons (Fsp3) is 0.467. The summed E-state index contributed by atoms with van der Waals surface area (Å²) in [5, 5.41) is 0. The zero-order chi connectivity index (χ0) is 12.6. The van der Waals surface area contributed by atoms with Crippen molar-refractivity contribution in [3.63, 3.8) is 0 Å². The minimum Gasteiger partial charge on any atom is -0.485 e. The van der Waals surface area contributed by atoms with E-state index in [-0.39, 0.29) is 11.4 Å². The molecule has 0 radical (unpaired) electrons. The van der Waals surface area contributed by atoms with E-state index in [2.05, 4.69) is 6.92 Å². The standard InChI is InChI=1S/C15H19FO/c1-5-10-8-11-6-7-13(17-15(2,3)4)14(16)12(11)9-10/h6-7,9H,5,8H2,1-4H3. The summed E-state index contributed by atoms with van der Waals surface area (Å²) in [4.78, 5) is 0. The Bertz CT molecular complexity index is 467. The monoisotopic (exact) mass is 234 g/mol. The molecule has 0 heterocycles. The minimum atomic E-state index is -0.370. The lowest BCUT2D eigenvalue weighted by atomic mass is 10.1. The van der Waals surface area contributed by atoms with Crippen LogP contribution in [0.15, 0.2) is 17.7 Å². The number of ether oxygens (including phenoxy) is 1. The molecule has 2 heteroatoms. The van der Waals surface area contributed by atoms with Crippen molar-refractivity contribution in [1.29, 1.82) is 0 Å². The van der Waals surface area contributed by atoms with Crippen LogP contribution in [-0.2, 0) is 6.42 Å². The Hall–Kier alpha value is -1.31. The van der Waals surface area contributed by atoms with Gasteiger partial charge < -0.3 is 4.74 Å². The van der Waals surface area contributed by atoms with E-state index < -0.39 is 0 Å². The van der Waals surface area contributed by atoms with Crippen molar-refractivity contribution in [1.82, 2.24) is 0 Å². The quantitative estimate of drug-likeness (QED) is 0.739. The van der Waals surface area contributed by atoms with Gasteiger partial charge in [0.1, 0.15) is 5.60 Å². The zero-order valence-corrected chi connectivity index (χ0v) is 10.9. The van der Waals surface area contributed by atoms with Gasteiger partial charge in [0, 0.05) is 5.56 Å². The first-order valence-electron chi connectivity index (χ1n) is 6.10. The van der Waals surface area contributed by atoms with Crippen molar-refractivity contribution in [3.8, 4) is 5.75 Å². The molecule has 0 aliphatic heterocycles. The first-order valence-corrected chi connectivity index (χ1v) is 6.10. The molecule has 0 spiro atoms. The van der Waals surface area contributed by atoms with Crippen molar-refractivity contribution in [2.75, 3.05) is 0 Å². The van der Waals surface area contributed by atoms with E-state index in [9.17, 15) is 4.39 Å². The molecule has 0 atom stereocenters. The number of rotatable bonds is 2. The molecule has 92 valence electrons. The van der Waals surface area contributed by atoms with E-state index in [1.54, 1.807) is 6.07 Å². The molecule has 0 unspecified atom stereocenters. The normalized spacial score (nSPS) is 14.5. The molecule has 0 amide bonds. The van der Waals surface area contributed by atoms with Crippen molar-refractivity contribution in [2.24, 2.45) is 0 Å². The van der Waals surface area contributed by atoms with Crippen LogP contribution in [0.25, 0.3) is 6.08 Å². The molecule has 0 bridgehead atoms. The molecule has 2 rings (SSSR count). The van der Waals surface area contributed by atoms with Gasteiger partial charge in [-0.1, -0.05) is 24.6 Å². The molecule has 0 fully saturated rings. The van der Waals surface area contributed by atoms with Crippen LogP contribution in [0.3, 0.4) is 0 Å². The third-order valence-electron chi connectivity index (χ3n) is 2.87. The van der Waals surface area contributed by atoms with Gasteiger partial charge in [-0.25, -0.2) is 4.39 Å². The number of hydrogen-bond donors (Lipinski definition) is 0. The predicted octanol–water partition coefficient (Wildman–Crippen LogP) is 4.35. The zero-order valence-electron chi connectivity index (χ0n) is 10.9. The molecule has 0 N–H and O–H groups in total. The average Bonchev–Trinajstić information content (AvgIpc) is 2.64. The van der Waals surface area contributed by atoms with Crippen LogP contribution in [0.2, 0.25) is 0 Å². The summed E-state index contributed by atoms with van der Waals surface area (Å²) in [5.41, 5.74) is 2.70. The van der Waals surface area contributed by atoms with Crippen LogP contribution >= 0.6 is 0 Å². The van der Waals surface area contributed by atoms with E-state index in [0.29, 0.717) is 11.3 Å². The van der Waals surface area contributed by atoms with Crippen molar-refractivity contribution in [2.45, 2.75) is 46.1 Å². The summed E-state index contributed by atoms with van der Waals surface area (Å²) in [6, 6.07) is 3.71. The maximum Gasteiger partial charge on any atom is 0.172 e. The van der Waals surface area contributed by atoms with Crippen LogP contribution in [0.4, 0.5) is 4.39 Å². The summed E-state index contributed by atoms with van der Waals surface area (Å²) in [6.07, 6.45) is 3.81. The van der Waals surface area contributed by atoms with Gasteiger partial charge in [0.05, 0.1) is 0 Å². The van der Waals surface area contributed by atoms with Crippen molar-refractivity contribution in [3.05, 3.63) is 34.6 Å². The number of halogens is 1. The van der Waals surface area contributed by atoms with Gasteiger partial charge in [0.15, 0.2) is 11.6 Å². The second-order valence-corrected chi connectivity index (χ2v) is 5.50. The summed E-state index contributed by atoms with van der Waals surface area (Å²) in [6.45, 7) is 7.87. The van der Waals surface area contributed by atoms with E-state index in [1.165, 1.54) is 5.57 Å². The molecule has 0 saturated heterocycles. The molecular weight excluding hydrogens is 215 g/mol. The number of hydrogen-bond acceptors (Lipinski definition) is 1. The van der Waals surface area contributed by atoms with Crippen LogP contribution in [0.5, 0.6) is 5.75 Å². The number of allylic oxidation sites excluding steroid dienone is 1. The van der Waals surface area contributed by atoms with Gasteiger partial charge in [-0.15, -0.1) is 0 Å². The fourth-order valence-electron chi connectivity index (χ4n) is 2.06. The van der Waals surface area contributed by atoms with Crippen molar-refractivity contribution < 1.29 is 9.13 Å². The predicted molar refractivity (Wildman–Crippen MR) is 68.8 cm³/mol. The number of benzene rings is 1. The molecule has 1 aliphatic rings. The summed E-state index contributed by atoms with van der Waals surface area (Å²) in [5.74, 6) is 0.130. The van der Waals surface area contributed by atoms with E-state index in [4.69, 9.17) is 4.74 Å². The molecule has 0 saturated carbocycles. The van der Waals surface area contributed by atoms with Gasteiger partial charge in [0.2, 0.25) is 0 Å². The second kappa shape index (κ2) is 4.17. The SMILES string of the molecule is CCC1=Cc2c(ccc(OC(C)(C)C)c2F)C1. The first-order chi connectivity index (χ1) is 7.90. The lowest BCUT2D eigenvalue weighted by Crippen LogP contribution is -2.23. The average molecular weight is 234 g/mol. The maximum absolute atomic E-state index is 14.2. The summed E-state index contributed by atoms with van der Waals surface area (Å²) >= 11 is 0. The van der Waals surface area contributed by atoms with Crippen LogP contribution in [0.1, 0.15) is 45.2 Å². The van der Waals surface area contributed by atoms with E-state index in [0.717, 1.165) is 18.4 Å². The smallest absolute Gasteiger partial charge is 0.172 e. The van der Waals surface area contributed by atoms with E-state index in [1.807, 2.05) is 32.9 Å². The number of fused-ring (bicyclic) bond motifs is 1. The molecular formula is C15H19FO. The highest BCUT2D eigenvalue weighted by molar-refractivity contribution is 5.66. The van der Waals surface area contributed by atoms with Crippen LogP contribution in [0, 0.1) is 5.82 Å². The highest BCUT2D eigenvalue weighted by atomic mass is 19.1. The lowest BCUT2D eigenvalue weighted by molar-refractivity contribution is 0.124.